The third kappa shape index (κ3) is 9.82. The zero-order valence-electron chi connectivity index (χ0n) is 10.4. The first-order valence-electron chi connectivity index (χ1n) is 5.74. The summed E-state index contributed by atoms with van der Waals surface area (Å²) in [6, 6.07) is -0.683. The smallest absolute Gasteiger partial charge is 0.322 e. The van der Waals surface area contributed by atoms with Crippen molar-refractivity contribution in [1.29, 1.82) is 0 Å². The summed E-state index contributed by atoms with van der Waals surface area (Å²) in [6.07, 6.45) is 1.06. The molecule has 0 saturated heterocycles. The van der Waals surface area contributed by atoms with Gasteiger partial charge in [-0.3, -0.25) is 9.79 Å². The van der Waals surface area contributed by atoms with Crippen molar-refractivity contribution in [2.45, 2.75) is 18.9 Å². The Morgan fingerprint density at radius 2 is 2.00 bits per heavy atom. The summed E-state index contributed by atoms with van der Waals surface area (Å²) < 4.78 is 9.80. The molecule has 0 fully saturated rings. The van der Waals surface area contributed by atoms with Crippen LogP contribution in [-0.4, -0.2) is 56.0 Å². The van der Waals surface area contributed by atoms with Gasteiger partial charge >= 0.3 is 5.97 Å². The van der Waals surface area contributed by atoms with Crippen molar-refractivity contribution in [3.63, 3.8) is 0 Å². The van der Waals surface area contributed by atoms with Crippen LogP contribution in [0.3, 0.4) is 0 Å². The minimum atomic E-state index is -0.683. The Balaban J connectivity index is 3.54. The molecule has 0 amide bonds. The van der Waals surface area contributed by atoms with Crippen LogP contribution in [0.1, 0.15) is 12.8 Å². The summed E-state index contributed by atoms with van der Waals surface area (Å²) >= 11 is 0. The normalized spacial score (nSPS) is 11.9. The molecule has 0 aromatic rings. The molecule has 8 nitrogen and oxygen atoms in total. The van der Waals surface area contributed by atoms with Crippen molar-refractivity contribution in [3.8, 4) is 0 Å². The van der Waals surface area contributed by atoms with E-state index in [9.17, 15) is 4.79 Å². The van der Waals surface area contributed by atoms with Crippen LogP contribution < -0.4 is 17.2 Å². The summed E-state index contributed by atoms with van der Waals surface area (Å²) in [6.45, 7) is 0.969. The Morgan fingerprint density at radius 1 is 1.28 bits per heavy atom. The molecule has 7 N–H and O–H groups in total. The van der Waals surface area contributed by atoms with Gasteiger partial charge in [0.15, 0.2) is 5.96 Å². The molecular weight excluding hydrogens is 240 g/mol. The number of aliphatic hydroxyl groups is 1. The van der Waals surface area contributed by atoms with Gasteiger partial charge < -0.3 is 31.8 Å². The van der Waals surface area contributed by atoms with E-state index in [0.29, 0.717) is 19.4 Å². The molecule has 0 saturated carbocycles. The molecule has 1 atom stereocenters. The van der Waals surface area contributed by atoms with Gasteiger partial charge in [0.2, 0.25) is 0 Å². The van der Waals surface area contributed by atoms with E-state index in [1.54, 1.807) is 0 Å². The van der Waals surface area contributed by atoms with E-state index >= 15 is 0 Å². The number of carbonyl (C=O) groups is 1. The predicted octanol–water partition coefficient (Wildman–Crippen LogP) is -2.08. The number of guanidine groups is 1. The van der Waals surface area contributed by atoms with Crippen LogP contribution >= 0.6 is 0 Å². The Kier molecular flexibility index (Phi) is 9.93. The van der Waals surface area contributed by atoms with Gasteiger partial charge in [-0.25, -0.2) is 0 Å². The first-order valence-corrected chi connectivity index (χ1v) is 5.74. The van der Waals surface area contributed by atoms with Gasteiger partial charge in [-0.15, -0.1) is 0 Å². The molecule has 0 heterocycles. The third-order valence-electron chi connectivity index (χ3n) is 1.98. The fourth-order valence-electron chi connectivity index (χ4n) is 1.11. The highest BCUT2D eigenvalue weighted by atomic mass is 16.6. The Hall–Kier alpha value is -1.38. The molecule has 0 radical (unpaired) electrons. The number of hydrogen-bond acceptors (Lipinski definition) is 6. The molecular formula is C10H22N4O4. The van der Waals surface area contributed by atoms with Crippen molar-refractivity contribution < 1.29 is 19.4 Å². The maximum atomic E-state index is 11.4. The molecule has 18 heavy (non-hydrogen) atoms. The lowest BCUT2D eigenvalue weighted by molar-refractivity contribution is -0.147. The van der Waals surface area contributed by atoms with E-state index < -0.39 is 12.0 Å². The molecule has 0 aliphatic rings. The monoisotopic (exact) mass is 262 g/mol. The van der Waals surface area contributed by atoms with Crippen LogP contribution in [0, 0.1) is 0 Å². The maximum Gasteiger partial charge on any atom is 0.322 e. The van der Waals surface area contributed by atoms with Crippen LogP contribution in [0.5, 0.6) is 0 Å². The second-order valence-electron chi connectivity index (χ2n) is 3.56. The van der Waals surface area contributed by atoms with Gasteiger partial charge in [0, 0.05) is 6.54 Å². The summed E-state index contributed by atoms with van der Waals surface area (Å²) in [5, 5.41) is 8.44. The van der Waals surface area contributed by atoms with Crippen LogP contribution in [0.25, 0.3) is 0 Å². The van der Waals surface area contributed by atoms with Crippen LogP contribution in [0.4, 0.5) is 0 Å². The summed E-state index contributed by atoms with van der Waals surface area (Å²) in [5.41, 5.74) is 15.9. The number of rotatable bonds is 10. The van der Waals surface area contributed by atoms with E-state index in [2.05, 4.69) is 4.99 Å². The molecule has 0 aliphatic carbocycles. The fourth-order valence-corrected chi connectivity index (χ4v) is 1.11. The number of aliphatic hydroxyl groups excluding tert-OH is 1. The minimum absolute atomic E-state index is 0.0205. The highest BCUT2D eigenvalue weighted by Crippen LogP contribution is 1.97. The summed E-state index contributed by atoms with van der Waals surface area (Å²) in [7, 11) is 0. The van der Waals surface area contributed by atoms with Crippen molar-refractivity contribution in [3.05, 3.63) is 0 Å². The summed E-state index contributed by atoms with van der Waals surface area (Å²) in [4.78, 5) is 15.1. The average Bonchev–Trinajstić information content (AvgIpc) is 2.33. The van der Waals surface area contributed by atoms with Gasteiger partial charge in [-0.05, 0) is 12.8 Å². The van der Waals surface area contributed by atoms with Crippen molar-refractivity contribution in [2.75, 3.05) is 33.0 Å². The van der Waals surface area contributed by atoms with Gasteiger partial charge in [0.05, 0.1) is 19.8 Å². The zero-order chi connectivity index (χ0) is 13.8. The topological polar surface area (TPSA) is 146 Å². The van der Waals surface area contributed by atoms with Crippen molar-refractivity contribution in [1.82, 2.24) is 0 Å². The van der Waals surface area contributed by atoms with Crippen LogP contribution in [-0.2, 0) is 14.3 Å². The summed E-state index contributed by atoms with van der Waals surface area (Å²) in [5.74, 6) is -0.459. The first-order chi connectivity index (χ1) is 8.57. The molecule has 106 valence electrons. The minimum Gasteiger partial charge on any atom is -0.462 e. The van der Waals surface area contributed by atoms with Crippen LogP contribution in [0.15, 0.2) is 4.99 Å². The van der Waals surface area contributed by atoms with E-state index in [1.165, 1.54) is 0 Å². The Morgan fingerprint density at radius 3 is 2.61 bits per heavy atom. The standard InChI is InChI=1S/C10H22N4O4/c11-8(2-1-3-14-10(12)13)9(16)18-7-6-17-5-4-15/h8,15H,1-7,11H2,(H4,12,13,14). The SMILES string of the molecule is NC(N)=NCCCC(N)C(=O)OCCOCCO. The molecule has 0 aliphatic heterocycles. The molecule has 0 aromatic heterocycles. The van der Waals surface area contributed by atoms with Crippen molar-refractivity contribution >= 4 is 11.9 Å². The Labute approximate surface area is 106 Å². The van der Waals surface area contributed by atoms with Crippen LogP contribution in [0.2, 0.25) is 0 Å². The number of esters is 1. The molecule has 0 bridgehead atoms. The van der Waals surface area contributed by atoms with Gasteiger partial charge in [-0.1, -0.05) is 0 Å². The number of carbonyl (C=O) groups excluding carboxylic acids is 1. The van der Waals surface area contributed by atoms with E-state index in [4.69, 9.17) is 31.8 Å². The first kappa shape index (κ1) is 16.6. The quantitative estimate of drug-likeness (QED) is 0.153. The zero-order valence-corrected chi connectivity index (χ0v) is 10.4. The number of aliphatic imine (C=N–C) groups is 1. The predicted molar refractivity (Wildman–Crippen MR) is 66.8 cm³/mol. The molecule has 8 heteroatoms. The fraction of sp³-hybridized carbons (Fsp3) is 0.800. The maximum absolute atomic E-state index is 11.4. The highest BCUT2D eigenvalue weighted by molar-refractivity contribution is 5.76. The average molecular weight is 262 g/mol. The van der Waals surface area contributed by atoms with E-state index in [1.807, 2.05) is 0 Å². The largest absolute Gasteiger partial charge is 0.462 e. The third-order valence-corrected chi connectivity index (χ3v) is 1.98. The van der Waals surface area contributed by atoms with Gasteiger partial charge in [-0.2, -0.15) is 0 Å². The number of nitrogens with two attached hydrogens (primary N) is 3. The lowest BCUT2D eigenvalue weighted by Crippen LogP contribution is -2.33. The second-order valence-corrected chi connectivity index (χ2v) is 3.56. The molecule has 0 spiro atoms. The second kappa shape index (κ2) is 10.8. The van der Waals surface area contributed by atoms with Crippen molar-refractivity contribution in [2.24, 2.45) is 22.2 Å². The Bertz CT molecular complexity index is 256. The lowest BCUT2D eigenvalue weighted by Gasteiger charge is -2.10. The molecule has 0 aromatic carbocycles. The van der Waals surface area contributed by atoms with Gasteiger partial charge in [0.25, 0.3) is 0 Å². The van der Waals surface area contributed by atoms with E-state index in [-0.39, 0.29) is 32.4 Å². The van der Waals surface area contributed by atoms with Gasteiger partial charge in [0.1, 0.15) is 12.6 Å². The highest BCUT2D eigenvalue weighted by Gasteiger charge is 2.14. The lowest BCUT2D eigenvalue weighted by atomic mass is 10.2. The number of hydrogen-bond donors (Lipinski definition) is 4. The number of nitrogens with zero attached hydrogens (tertiary/aromatic N) is 1. The molecule has 0 rings (SSSR count). The van der Waals surface area contributed by atoms with E-state index in [0.717, 1.165) is 0 Å². The molecule has 1 unspecified atom stereocenters. The number of ether oxygens (including phenoxy) is 2.